The lowest BCUT2D eigenvalue weighted by molar-refractivity contribution is -0.237. The number of pyridine rings is 1. The molecule has 0 bridgehead atoms. The summed E-state index contributed by atoms with van der Waals surface area (Å²) in [6.45, 7) is 2.46. The minimum absolute atomic E-state index is 0.0532. The van der Waals surface area contributed by atoms with Gasteiger partial charge < -0.3 is 20.1 Å². The van der Waals surface area contributed by atoms with Crippen LogP contribution in [-0.2, 0) is 9.53 Å². The second-order valence-corrected chi connectivity index (χ2v) is 12.5. The molecule has 6 rings (SSSR count). The summed E-state index contributed by atoms with van der Waals surface area (Å²) in [5, 5.41) is 39.4. The van der Waals surface area contributed by atoms with Gasteiger partial charge in [-0.15, -0.1) is 0 Å². The highest BCUT2D eigenvalue weighted by molar-refractivity contribution is 5.94. The summed E-state index contributed by atoms with van der Waals surface area (Å²) in [7, 11) is 0. The van der Waals surface area contributed by atoms with Crippen LogP contribution in [0.5, 0.6) is 0 Å². The van der Waals surface area contributed by atoms with Crippen LogP contribution >= 0.6 is 0 Å². The van der Waals surface area contributed by atoms with Gasteiger partial charge in [0.25, 0.3) is 5.91 Å². The molecule has 9 nitrogen and oxygen atoms in total. The number of aliphatic hydroxyl groups is 3. The number of ether oxygens (including phenoxy) is 1. The van der Waals surface area contributed by atoms with Gasteiger partial charge in [-0.25, -0.2) is 10.2 Å². The van der Waals surface area contributed by atoms with Crippen LogP contribution in [0.2, 0.25) is 0 Å². The van der Waals surface area contributed by atoms with Crippen molar-refractivity contribution < 1.29 is 29.6 Å². The van der Waals surface area contributed by atoms with Crippen LogP contribution in [-0.4, -0.2) is 62.3 Å². The Kier molecular flexibility index (Phi) is 6.05. The van der Waals surface area contributed by atoms with Gasteiger partial charge in [-0.3, -0.25) is 9.78 Å². The molecule has 1 aromatic heterocycles. The number of aliphatic hydroxyl groups excluding tert-OH is 1. The summed E-state index contributed by atoms with van der Waals surface area (Å²) < 4.78 is 5.22. The molecule has 1 aliphatic heterocycles. The predicted molar refractivity (Wildman–Crippen MR) is 138 cm³/mol. The van der Waals surface area contributed by atoms with Gasteiger partial charge in [0.1, 0.15) is 6.61 Å². The van der Waals surface area contributed by atoms with Crippen LogP contribution < -0.4 is 5.43 Å². The van der Waals surface area contributed by atoms with Crippen molar-refractivity contribution in [2.75, 3.05) is 6.61 Å². The Balaban J connectivity index is 1.33. The number of fused-ring (bicyclic) bond motifs is 5. The molecule has 2 heterocycles. The van der Waals surface area contributed by atoms with Gasteiger partial charge in [-0.05, 0) is 86.8 Å². The maximum Gasteiger partial charge on any atom is 0.331 e. The van der Waals surface area contributed by atoms with E-state index in [0.717, 1.165) is 24.8 Å². The molecule has 4 aliphatic carbocycles. The molecule has 0 unspecified atom stereocenters. The van der Waals surface area contributed by atoms with Crippen molar-refractivity contribution in [1.29, 1.82) is 0 Å². The van der Waals surface area contributed by atoms with Gasteiger partial charge in [0.15, 0.2) is 0 Å². The minimum Gasteiger partial charge on any atom is -0.458 e. The highest BCUT2D eigenvalue weighted by Crippen LogP contribution is 2.70. The van der Waals surface area contributed by atoms with Crippen molar-refractivity contribution in [3.05, 3.63) is 41.7 Å². The van der Waals surface area contributed by atoms with Gasteiger partial charge >= 0.3 is 5.97 Å². The highest BCUT2D eigenvalue weighted by atomic mass is 16.5. The normalized spacial score (nSPS) is 44.1. The third-order valence-corrected chi connectivity index (χ3v) is 11.0. The van der Waals surface area contributed by atoms with E-state index in [4.69, 9.17) is 4.74 Å². The molecule has 4 saturated carbocycles. The quantitative estimate of drug-likeness (QED) is 0.270. The molecular weight excluding hydrogens is 486 g/mol. The van der Waals surface area contributed by atoms with E-state index < -0.39 is 28.1 Å². The number of hydrogen-bond donors (Lipinski definition) is 4. The number of esters is 1. The number of rotatable bonds is 4. The largest absolute Gasteiger partial charge is 0.458 e. The monoisotopic (exact) mass is 523 g/mol. The Morgan fingerprint density at radius 2 is 1.87 bits per heavy atom. The second kappa shape index (κ2) is 8.96. The van der Waals surface area contributed by atoms with Crippen LogP contribution in [0.15, 0.2) is 41.3 Å². The molecule has 1 aromatic rings. The molecule has 5 aliphatic rings. The Morgan fingerprint density at radius 3 is 2.61 bits per heavy atom. The lowest BCUT2D eigenvalue weighted by Gasteiger charge is -2.65. The number of carbonyl (C=O) groups is 2. The maximum atomic E-state index is 12.7. The first-order valence-corrected chi connectivity index (χ1v) is 13.9. The third-order valence-electron chi connectivity index (χ3n) is 11.0. The topological polar surface area (TPSA) is 141 Å². The third kappa shape index (κ3) is 3.62. The molecule has 8 atom stereocenters. The Hall–Kier alpha value is -2.62. The molecule has 0 radical (unpaired) electrons. The summed E-state index contributed by atoms with van der Waals surface area (Å²) in [6.07, 6.45) is 11.2. The molecule has 0 saturated heterocycles. The van der Waals surface area contributed by atoms with Gasteiger partial charge in [-0.2, -0.15) is 5.10 Å². The summed E-state index contributed by atoms with van der Waals surface area (Å²) in [4.78, 5) is 28.4. The average molecular weight is 524 g/mol. The molecule has 0 spiro atoms. The second-order valence-electron chi connectivity index (χ2n) is 12.5. The molecule has 1 amide bonds. The van der Waals surface area contributed by atoms with E-state index in [1.165, 1.54) is 0 Å². The predicted octanol–water partition coefficient (Wildman–Crippen LogP) is 2.51. The SMILES string of the molecule is C[C@]12CC[C@H]3[C@@H](CC[C@]4(O)C[C@H](O)CC[C@]34/C=N\NC(=O)c3ccncc3)[C@]1(O)CC[C@H]2C1=CC(=O)OC1. The zero-order valence-electron chi connectivity index (χ0n) is 21.8. The van der Waals surface area contributed by atoms with Gasteiger partial charge in [0.2, 0.25) is 0 Å². The summed E-state index contributed by atoms with van der Waals surface area (Å²) in [5.74, 6) is -0.703. The van der Waals surface area contributed by atoms with Gasteiger partial charge in [0, 0.05) is 47.5 Å². The van der Waals surface area contributed by atoms with Crippen LogP contribution in [0, 0.1) is 28.6 Å². The Labute approximate surface area is 222 Å². The smallest absolute Gasteiger partial charge is 0.331 e. The van der Waals surface area contributed by atoms with Crippen molar-refractivity contribution in [2.45, 2.75) is 82.0 Å². The first kappa shape index (κ1) is 25.6. The molecule has 38 heavy (non-hydrogen) atoms. The Bertz CT molecular complexity index is 1190. The number of hydrogen-bond acceptors (Lipinski definition) is 8. The number of amides is 1. The first-order valence-electron chi connectivity index (χ1n) is 13.9. The number of aromatic nitrogens is 1. The number of carbonyl (C=O) groups excluding carboxylic acids is 2. The standard InChI is InChI=1S/C29H37N3O6/c1-26-8-3-22-23(29(26,37)11-5-21(26)19-14-24(34)38-16-19)4-10-28(36)15-20(33)2-9-27(22,28)17-31-32-25(35)18-6-12-30-13-7-18/h6-7,12-14,17,20-23,33,36-37H,2-5,8-11,15-16H2,1H3,(H,32,35)/b31-17-/t20-,21+,22+,23-,26-,27+,28+,29-/m1/s1. The van der Waals surface area contributed by atoms with Crippen molar-refractivity contribution in [3.8, 4) is 0 Å². The van der Waals surface area contributed by atoms with Crippen molar-refractivity contribution in [3.63, 3.8) is 0 Å². The molecule has 4 N–H and O–H groups in total. The number of hydrazone groups is 1. The van der Waals surface area contributed by atoms with Gasteiger partial charge in [-0.1, -0.05) is 6.92 Å². The van der Waals surface area contributed by atoms with Crippen molar-refractivity contribution in [2.24, 2.45) is 33.7 Å². The van der Waals surface area contributed by atoms with E-state index in [0.29, 0.717) is 44.3 Å². The average Bonchev–Trinajstić information content (AvgIpc) is 3.44. The zero-order valence-corrected chi connectivity index (χ0v) is 21.8. The van der Waals surface area contributed by atoms with E-state index in [1.54, 1.807) is 36.8 Å². The number of nitrogens with zero attached hydrogens (tertiary/aromatic N) is 2. The fraction of sp³-hybridized carbons (Fsp3) is 0.655. The molecule has 204 valence electrons. The lowest BCUT2D eigenvalue weighted by Crippen LogP contribution is -2.68. The van der Waals surface area contributed by atoms with Crippen LogP contribution in [0.1, 0.15) is 75.1 Å². The Morgan fingerprint density at radius 1 is 1.11 bits per heavy atom. The van der Waals surface area contributed by atoms with E-state index in [1.807, 2.05) is 0 Å². The fourth-order valence-electron chi connectivity index (χ4n) is 9.13. The molecule has 0 aromatic carbocycles. The highest BCUT2D eigenvalue weighted by Gasteiger charge is 2.71. The lowest BCUT2D eigenvalue weighted by atomic mass is 9.41. The van der Waals surface area contributed by atoms with Crippen LogP contribution in [0.25, 0.3) is 0 Å². The van der Waals surface area contributed by atoms with E-state index in [-0.39, 0.29) is 36.1 Å². The molecule has 4 fully saturated rings. The molecule has 9 heteroatoms. The van der Waals surface area contributed by atoms with Crippen LogP contribution in [0.3, 0.4) is 0 Å². The summed E-state index contributed by atoms with van der Waals surface area (Å²) in [6, 6.07) is 3.22. The number of cyclic esters (lactones) is 1. The fourth-order valence-corrected chi connectivity index (χ4v) is 9.13. The zero-order chi connectivity index (χ0) is 26.8. The summed E-state index contributed by atoms with van der Waals surface area (Å²) >= 11 is 0. The maximum absolute atomic E-state index is 12.7. The van der Waals surface area contributed by atoms with E-state index in [9.17, 15) is 24.9 Å². The van der Waals surface area contributed by atoms with Crippen LogP contribution in [0.4, 0.5) is 0 Å². The van der Waals surface area contributed by atoms with E-state index >= 15 is 0 Å². The number of nitrogens with one attached hydrogen (secondary N) is 1. The minimum atomic E-state index is -1.17. The van der Waals surface area contributed by atoms with Crippen molar-refractivity contribution in [1.82, 2.24) is 10.4 Å². The first-order chi connectivity index (χ1) is 18.1. The molecular formula is C29H37N3O6. The van der Waals surface area contributed by atoms with E-state index in [2.05, 4.69) is 22.4 Å². The van der Waals surface area contributed by atoms with Gasteiger partial charge in [0.05, 0.1) is 17.3 Å². The summed E-state index contributed by atoms with van der Waals surface area (Å²) in [5.41, 5.74) is 0.743. The van der Waals surface area contributed by atoms with Crippen molar-refractivity contribution >= 4 is 18.1 Å².